The van der Waals surface area contributed by atoms with Crippen LogP contribution < -0.4 is 10.9 Å². The molecule has 7 nitrogen and oxygen atoms in total. The summed E-state index contributed by atoms with van der Waals surface area (Å²) in [6.45, 7) is 2.02. The molecule has 178 valence electrons. The Morgan fingerprint density at radius 1 is 1.03 bits per heavy atom. The number of aromatic nitrogens is 4. The van der Waals surface area contributed by atoms with E-state index in [-0.39, 0.29) is 23.9 Å². The molecule has 1 aliphatic rings. The predicted octanol–water partition coefficient (Wildman–Crippen LogP) is 5.23. The van der Waals surface area contributed by atoms with Gasteiger partial charge < -0.3 is 5.32 Å². The highest BCUT2D eigenvalue weighted by molar-refractivity contribution is 7.99. The van der Waals surface area contributed by atoms with Gasteiger partial charge in [0.15, 0.2) is 10.8 Å². The Balaban J connectivity index is 1.27. The van der Waals surface area contributed by atoms with Gasteiger partial charge in [0.25, 0.3) is 5.56 Å². The summed E-state index contributed by atoms with van der Waals surface area (Å²) in [7, 11) is 0. The molecule has 1 aliphatic heterocycles. The van der Waals surface area contributed by atoms with E-state index in [0.29, 0.717) is 21.9 Å². The maximum atomic E-state index is 13.4. The van der Waals surface area contributed by atoms with Crippen LogP contribution in [0, 0.1) is 6.92 Å². The summed E-state index contributed by atoms with van der Waals surface area (Å²) in [5, 5.41) is 8.54. The largest absolute Gasteiger partial charge is 0.325 e. The normalized spacial score (nSPS) is 14.6. The summed E-state index contributed by atoms with van der Waals surface area (Å²) in [5.74, 6) is 0.472. The Morgan fingerprint density at radius 2 is 1.78 bits per heavy atom. The van der Waals surface area contributed by atoms with Gasteiger partial charge in [0, 0.05) is 23.4 Å². The molecule has 2 aromatic heterocycles. The third-order valence-electron chi connectivity index (χ3n) is 6.36. The van der Waals surface area contributed by atoms with Crippen LogP contribution in [-0.2, 0) is 4.79 Å². The number of aryl methyl sites for hydroxylation is 1. The van der Waals surface area contributed by atoms with E-state index in [1.54, 1.807) is 15.4 Å². The van der Waals surface area contributed by atoms with Crippen LogP contribution in [0.15, 0.2) is 95.0 Å². The van der Waals surface area contributed by atoms with Crippen molar-refractivity contribution in [3.05, 3.63) is 101 Å². The molecule has 0 saturated heterocycles. The van der Waals surface area contributed by atoms with Gasteiger partial charge >= 0.3 is 0 Å². The summed E-state index contributed by atoms with van der Waals surface area (Å²) in [5.41, 5.74) is 5.10. The van der Waals surface area contributed by atoms with Crippen molar-refractivity contribution in [3.8, 4) is 16.8 Å². The lowest BCUT2D eigenvalue weighted by Crippen LogP contribution is -2.27. The van der Waals surface area contributed by atoms with Gasteiger partial charge in [-0.25, -0.2) is 9.67 Å². The molecule has 0 spiro atoms. The van der Waals surface area contributed by atoms with Crippen LogP contribution in [0.4, 0.5) is 5.69 Å². The Hall–Kier alpha value is -4.17. The number of carbonyl (C=O) groups is 1. The standard InChI is InChI=1S/C28H23N5O2S/c1-18-11-13-20(14-12-18)33-26-23(16-29-33)27(35)32-21(17-36-28(32)31-26)15-25(34)30-24-10-6-5-9-22(24)19-7-3-2-4-8-19/h2-14,16,21H,15,17H2,1H3,(H,30,34). The van der Waals surface area contributed by atoms with Gasteiger partial charge in [-0.15, -0.1) is 0 Å². The minimum Gasteiger partial charge on any atom is -0.325 e. The summed E-state index contributed by atoms with van der Waals surface area (Å²) in [4.78, 5) is 31.3. The van der Waals surface area contributed by atoms with Gasteiger partial charge in [-0.3, -0.25) is 14.2 Å². The van der Waals surface area contributed by atoms with Gasteiger partial charge in [0.05, 0.1) is 17.9 Å². The van der Waals surface area contributed by atoms with Crippen LogP contribution in [0.25, 0.3) is 27.8 Å². The number of carbonyl (C=O) groups excluding carboxylic acids is 1. The maximum absolute atomic E-state index is 13.4. The Morgan fingerprint density at radius 3 is 2.58 bits per heavy atom. The van der Waals surface area contributed by atoms with Gasteiger partial charge in [-0.05, 0) is 30.7 Å². The fourth-order valence-electron chi connectivity index (χ4n) is 4.53. The van der Waals surface area contributed by atoms with Crippen molar-refractivity contribution in [1.29, 1.82) is 0 Å². The van der Waals surface area contributed by atoms with E-state index in [2.05, 4.69) is 10.4 Å². The molecule has 5 aromatic rings. The maximum Gasteiger partial charge on any atom is 0.265 e. The fraction of sp³-hybridized carbons (Fsp3) is 0.143. The highest BCUT2D eigenvalue weighted by Gasteiger charge is 2.29. The second-order valence-corrected chi connectivity index (χ2v) is 9.81. The van der Waals surface area contributed by atoms with Crippen LogP contribution in [0.5, 0.6) is 0 Å². The van der Waals surface area contributed by atoms with Crippen molar-refractivity contribution >= 4 is 34.4 Å². The van der Waals surface area contributed by atoms with Crippen LogP contribution in [0.1, 0.15) is 18.0 Å². The minimum atomic E-state index is -0.277. The molecule has 1 atom stereocenters. The van der Waals surface area contributed by atoms with Gasteiger partial charge in [0.2, 0.25) is 5.91 Å². The lowest BCUT2D eigenvalue weighted by molar-refractivity contribution is -0.116. The Kier molecular flexibility index (Phi) is 5.65. The van der Waals surface area contributed by atoms with Crippen molar-refractivity contribution in [1.82, 2.24) is 19.3 Å². The molecule has 0 radical (unpaired) electrons. The zero-order valence-electron chi connectivity index (χ0n) is 19.6. The van der Waals surface area contributed by atoms with E-state index in [1.165, 1.54) is 11.8 Å². The average molecular weight is 494 g/mol. The second kappa shape index (κ2) is 9.13. The lowest BCUT2D eigenvalue weighted by Gasteiger charge is -2.15. The van der Waals surface area contributed by atoms with Gasteiger partial charge in [0.1, 0.15) is 5.39 Å². The first-order valence-electron chi connectivity index (χ1n) is 11.7. The number of anilines is 1. The number of nitrogens with one attached hydrogen (secondary N) is 1. The number of fused-ring (bicyclic) bond motifs is 2. The summed E-state index contributed by atoms with van der Waals surface area (Å²) in [6.07, 6.45) is 1.75. The number of thioether (sulfide) groups is 1. The molecular weight excluding hydrogens is 470 g/mol. The van der Waals surface area contributed by atoms with Crippen molar-refractivity contribution in [3.63, 3.8) is 0 Å². The molecule has 8 heteroatoms. The smallest absolute Gasteiger partial charge is 0.265 e. The molecule has 0 aliphatic carbocycles. The summed E-state index contributed by atoms with van der Waals surface area (Å²) >= 11 is 1.49. The molecule has 6 rings (SSSR count). The van der Waals surface area contributed by atoms with Gasteiger partial charge in [-0.1, -0.05) is 78.0 Å². The highest BCUT2D eigenvalue weighted by Crippen LogP contribution is 2.34. The zero-order chi connectivity index (χ0) is 24.6. The minimum absolute atomic E-state index is 0.140. The van der Waals surface area contributed by atoms with E-state index < -0.39 is 0 Å². The molecule has 3 heterocycles. The number of hydrogen-bond donors (Lipinski definition) is 1. The number of rotatable bonds is 5. The van der Waals surface area contributed by atoms with Crippen molar-refractivity contribution < 1.29 is 4.79 Å². The molecule has 3 aromatic carbocycles. The molecule has 1 N–H and O–H groups in total. The molecule has 0 fully saturated rings. The fourth-order valence-corrected chi connectivity index (χ4v) is 5.66. The van der Waals surface area contributed by atoms with E-state index in [4.69, 9.17) is 4.98 Å². The number of hydrogen-bond acceptors (Lipinski definition) is 5. The highest BCUT2D eigenvalue weighted by atomic mass is 32.2. The number of benzene rings is 3. The molecule has 0 bridgehead atoms. The van der Waals surface area contributed by atoms with Crippen LogP contribution in [0.2, 0.25) is 0 Å². The summed E-state index contributed by atoms with van der Waals surface area (Å²) in [6, 6.07) is 25.3. The van der Waals surface area contributed by atoms with E-state index in [0.717, 1.165) is 28.1 Å². The second-order valence-electron chi connectivity index (χ2n) is 8.83. The number of amides is 1. The van der Waals surface area contributed by atoms with Gasteiger partial charge in [-0.2, -0.15) is 5.10 Å². The quantitative estimate of drug-likeness (QED) is 0.339. The van der Waals surface area contributed by atoms with Crippen LogP contribution in [0.3, 0.4) is 0 Å². The van der Waals surface area contributed by atoms with Crippen LogP contribution >= 0.6 is 11.8 Å². The van der Waals surface area contributed by atoms with Crippen molar-refractivity contribution in [2.75, 3.05) is 11.1 Å². The zero-order valence-corrected chi connectivity index (χ0v) is 20.4. The third-order valence-corrected chi connectivity index (χ3v) is 7.45. The average Bonchev–Trinajstić information content (AvgIpc) is 3.50. The Labute approximate surface area is 211 Å². The first-order chi connectivity index (χ1) is 17.6. The molecule has 36 heavy (non-hydrogen) atoms. The van der Waals surface area contributed by atoms with E-state index in [1.807, 2.05) is 85.8 Å². The third kappa shape index (κ3) is 3.99. The molecule has 1 amide bonds. The lowest BCUT2D eigenvalue weighted by atomic mass is 10.0. The number of nitrogens with zero attached hydrogens (tertiary/aromatic N) is 4. The monoisotopic (exact) mass is 493 g/mol. The molecule has 1 unspecified atom stereocenters. The SMILES string of the molecule is Cc1ccc(-n2ncc3c(=O)n4c(nc32)SCC4CC(=O)Nc2ccccc2-c2ccccc2)cc1. The predicted molar refractivity (Wildman–Crippen MR) is 143 cm³/mol. The Bertz CT molecular complexity index is 1640. The van der Waals surface area contributed by atoms with E-state index >= 15 is 0 Å². The van der Waals surface area contributed by atoms with Crippen LogP contribution in [-0.4, -0.2) is 31.0 Å². The number of para-hydroxylation sites is 1. The summed E-state index contributed by atoms with van der Waals surface area (Å²) < 4.78 is 3.34. The molecular formula is C28H23N5O2S. The molecule has 0 saturated carbocycles. The van der Waals surface area contributed by atoms with Crippen molar-refractivity contribution in [2.45, 2.75) is 24.5 Å². The van der Waals surface area contributed by atoms with E-state index in [9.17, 15) is 9.59 Å². The first kappa shape index (κ1) is 22.3. The van der Waals surface area contributed by atoms with Crippen molar-refractivity contribution in [2.24, 2.45) is 0 Å². The first-order valence-corrected chi connectivity index (χ1v) is 12.7. The topological polar surface area (TPSA) is 81.8 Å².